The molecule has 1 radical (unpaired) electrons. The van der Waals surface area contributed by atoms with Gasteiger partial charge in [-0.05, 0) is 70.5 Å². The minimum Gasteiger partial charge on any atom is -0.557 e. The van der Waals surface area contributed by atoms with Crippen molar-refractivity contribution in [1.82, 2.24) is 19.5 Å². The SMILES string of the molecule is CC(C)Cc1cc(-c2[c-]cccc2)nc[c]1[Ge]([CH3])([CH3])[CH3].CC(C)c1cc(-c2ccccc2)cc(C(C)C)c1-n1c(-c2[c-]oc3ccc(Cc4ccccn4)cc23)nc2ccccc21.[Ir]. The molecule has 4 aromatic heterocycles. The van der Waals surface area contributed by atoms with Crippen LogP contribution in [0.4, 0.5) is 0 Å². The molecule has 0 amide bonds. The number of para-hydroxylation sites is 2. The van der Waals surface area contributed by atoms with Crippen molar-refractivity contribution in [3.05, 3.63) is 186 Å². The molecule has 0 aliphatic carbocycles. The molecular weight excluding hydrogens is 1020 g/mol. The van der Waals surface area contributed by atoms with Gasteiger partial charge in [-0.15, -0.1) is 0 Å². The molecule has 327 valence electrons. The van der Waals surface area contributed by atoms with Crippen LogP contribution in [0.2, 0.25) is 17.3 Å². The molecule has 0 bridgehead atoms. The standard InChI is InChI=1S/C39H34N3O.C18H24GeN.Ir/c1-25(2)31-22-29(28-12-6-5-7-13-28)23-32(26(3)4)38(31)42-36-16-9-8-15-35(36)41-39(42)34-24-43-37-18-17-27(21-33(34)37)20-30-14-10-11-19-40-30;1-14(2)11-16-12-18(15-9-7-6-8-10-15)20-13-17(16)19(3,4)5;/h5-19,21-23,25-26H,20H2,1-4H3;6-9,12-14H,11H2,1-5H3;/q2*-1;. The first-order valence-corrected chi connectivity index (χ1v) is 29.7. The quantitative estimate of drug-likeness (QED) is 0.0957. The number of imidazole rings is 1. The predicted molar refractivity (Wildman–Crippen MR) is 266 cm³/mol. The summed E-state index contributed by atoms with van der Waals surface area (Å²) in [5, 5.41) is 1.00. The molecule has 0 atom stereocenters. The Hall–Kier alpha value is -5.40. The van der Waals surface area contributed by atoms with Gasteiger partial charge in [0.15, 0.2) is 0 Å². The number of aromatic nitrogens is 4. The normalized spacial score (nSPS) is 11.6. The summed E-state index contributed by atoms with van der Waals surface area (Å²) in [6.45, 7) is 13.7. The third-order valence-corrected chi connectivity index (χ3v) is 16.0. The Bertz CT molecular complexity index is 2940. The van der Waals surface area contributed by atoms with Crippen molar-refractivity contribution in [3.8, 4) is 39.5 Å². The average Bonchev–Trinajstić information content (AvgIpc) is 3.87. The smallest absolute Gasteiger partial charge is 0.0774 e. The molecule has 7 heteroatoms. The van der Waals surface area contributed by atoms with Crippen LogP contribution in [0.25, 0.3) is 61.5 Å². The summed E-state index contributed by atoms with van der Waals surface area (Å²) in [7, 11) is 0. The molecule has 0 aliphatic heterocycles. The number of hydrogen-bond acceptors (Lipinski definition) is 4. The molecule has 5 nitrogen and oxygen atoms in total. The van der Waals surface area contributed by atoms with E-state index >= 15 is 0 Å². The Morgan fingerprint density at radius 2 is 1.41 bits per heavy atom. The van der Waals surface area contributed by atoms with Crippen LogP contribution in [0.5, 0.6) is 0 Å². The molecule has 0 aliphatic rings. The molecule has 0 saturated heterocycles. The Morgan fingerprint density at radius 3 is 2.06 bits per heavy atom. The fraction of sp³-hybridized carbons (Fsp3) is 0.246. The van der Waals surface area contributed by atoms with Crippen LogP contribution < -0.4 is 4.40 Å². The van der Waals surface area contributed by atoms with E-state index in [4.69, 9.17) is 14.4 Å². The molecule has 0 saturated carbocycles. The topological polar surface area (TPSA) is 56.7 Å². The van der Waals surface area contributed by atoms with E-state index < -0.39 is 13.3 Å². The van der Waals surface area contributed by atoms with Crippen LogP contribution in [-0.4, -0.2) is 32.8 Å². The molecule has 64 heavy (non-hydrogen) atoms. The maximum Gasteiger partial charge on any atom is 0.0774 e. The number of pyridine rings is 2. The summed E-state index contributed by atoms with van der Waals surface area (Å²) >= 11 is -1.86. The van der Waals surface area contributed by atoms with Gasteiger partial charge in [0.25, 0.3) is 0 Å². The van der Waals surface area contributed by atoms with Gasteiger partial charge in [-0.3, -0.25) is 9.97 Å². The largest absolute Gasteiger partial charge is 0.557 e. The van der Waals surface area contributed by atoms with Crippen LogP contribution in [-0.2, 0) is 32.9 Å². The monoisotopic (exact) mass is 1080 g/mol. The van der Waals surface area contributed by atoms with E-state index in [1.165, 1.54) is 39.1 Å². The van der Waals surface area contributed by atoms with Crippen molar-refractivity contribution in [2.45, 2.75) is 83.5 Å². The van der Waals surface area contributed by atoms with Gasteiger partial charge >= 0.3 is 126 Å². The Morgan fingerprint density at radius 1 is 0.703 bits per heavy atom. The van der Waals surface area contributed by atoms with E-state index in [0.717, 1.165) is 63.2 Å². The van der Waals surface area contributed by atoms with Gasteiger partial charge in [0.1, 0.15) is 0 Å². The van der Waals surface area contributed by atoms with Gasteiger partial charge < -0.3 is 8.98 Å². The zero-order valence-corrected chi connectivity index (χ0v) is 43.0. The van der Waals surface area contributed by atoms with Gasteiger partial charge in [0, 0.05) is 56.0 Å². The first-order chi connectivity index (χ1) is 30.4. The first kappa shape index (κ1) is 46.6. The van der Waals surface area contributed by atoms with Gasteiger partial charge in [-0.2, -0.15) is 0 Å². The summed E-state index contributed by atoms with van der Waals surface area (Å²) in [4.78, 5) is 14.5. The second-order valence-corrected chi connectivity index (χ2v) is 29.3. The van der Waals surface area contributed by atoms with Crippen molar-refractivity contribution < 1.29 is 24.5 Å². The van der Waals surface area contributed by atoms with E-state index in [-0.39, 0.29) is 20.1 Å². The van der Waals surface area contributed by atoms with Crippen molar-refractivity contribution in [2.24, 2.45) is 5.92 Å². The molecule has 5 aromatic carbocycles. The molecule has 9 aromatic rings. The van der Waals surface area contributed by atoms with E-state index in [1.807, 2.05) is 42.6 Å². The number of fused-ring (bicyclic) bond motifs is 2. The number of rotatable bonds is 11. The summed E-state index contributed by atoms with van der Waals surface area (Å²) in [5.41, 5.74) is 15.8. The van der Waals surface area contributed by atoms with Gasteiger partial charge in [0.05, 0.1) is 16.9 Å². The van der Waals surface area contributed by atoms with Crippen molar-refractivity contribution in [3.63, 3.8) is 0 Å². The number of benzene rings is 5. The molecular formula is C57H58GeIrN4O-2. The van der Waals surface area contributed by atoms with Crippen molar-refractivity contribution in [2.75, 3.05) is 0 Å². The fourth-order valence-electron chi connectivity index (χ4n) is 8.53. The number of nitrogens with zero attached hydrogens (tertiary/aromatic N) is 4. The predicted octanol–water partition coefficient (Wildman–Crippen LogP) is 14.4. The van der Waals surface area contributed by atoms with Crippen LogP contribution in [0.3, 0.4) is 0 Å². The minimum absolute atomic E-state index is 0. The van der Waals surface area contributed by atoms with Crippen LogP contribution in [0.15, 0.2) is 150 Å². The maximum absolute atomic E-state index is 6.03. The molecule has 0 spiro atoms. The van der Waals surface area contributed by atoms with E-state index in [9.17, 15) is 0 Å². The zero-order valence-electron chi connectivity index (χ0n) is 38.5. The Balaban J connectivity index is 0.000000246. The molecule has 9 rings (SSSR count). The van der Waals surface area contributed by atoms with Crippen LogP contribution in [0.1, 0.15) is 81.3 Å². The summed E-state index contributed by atoms with van der Waals surface area (Å²) < 4.78 is 9.92. The second-order valence-electron chi connectivity index (χ2n) is 18.7. The van der Waals surface area contributed by atoms with Crippen molar-refractivity contribution >= 4 is 39.7 Å². The average molecular weight is 1080 g/mol. The first-order valence-electron chi connectivity index (χ1n) is 22.4. The summed E-state index contributed by atoms with van der Waals surface area (Å²) in [6.07, 6.45) is 9.11. The van der Waals surface area contributed by atoms with Gasteiger partial charge in [-0.25, -0.2) is 0 Å². The summed E-state index contributed by atoms with van der Waals surface area (Å²) in [5.74, 6) is 9.42. The third kappa shape index (κ3) is 10.3. The minimum atomic E-state index is -1.86. The Kier molecular flexibility index (Phi) is 14.7. The van der Waals surface area contributed by atoms with E-state index in [1.54, 1.807) is 4.40 Å². The molecule has 0 unspecified atom stereocenters. The summed E-state index contributed by atoms with van der Waals surface area (Å²) in [6, 6.07) is 49.8. The number of hydrogen-bond donors (Lipinski definition) is 0. The molecule has 0 N–H and O–H groups in total. The van der Waals surface area contributed by atoms with E-state index in [2.05, 4.69) is 184 Å². The number of furan rings is 1. The molecule has 4 heterocycles. The second kappa shape index (κ2) is 20.2. The third-order valence-electron chi connectivity index (χ3n) is 11.6. The van der Waals surface area contributed by atoms with E-state index in [0.29, 0.717) is 17.8 Å². The zero-order chi connectivity index (χ0) is 44.3. The van der Waals surface area contributed by atoms with Crippen molar-refractivity contribution in [1.29, 1.82) is 0 Å². The van der Waals surface area contributed by atoms with Gasteiger partial charge in [-0.1, -0.05) is 111 Å². The fourth-order valence-corrected chi connectivity index (χ4v) is 11.9. The molecule has 0 fully saturated rings. The van der Waals surface area contributed by atoms with Gasteiger partial charge in [0.2, 0.25) is 0 Å². The maximum atomic E-state index is 6.03. The Labute approximate surface area is 396 Å². The van der Waals surface area contributed by atoms with Crippen LogP contribution in [0, 0.1) is 18.2 Å². The van der Waals surface area contributed by atoms with Crippen LogP contribution >= 0.6 is 0 Å².